The van der Waals surface area contributed by atoms with Gasteiger partial charge in [-0.15, -0.1) is 11.3 Å². The minimum atomic E-state index is -0.426. The lowest BCUT2D eigenvalue weighted by molar-refractivity contribution is 0.0448. The average molecular weight is 233 g/mol. The third-order valence-corrected chi connectivity index (χ3v) is 4.03. The molecule has 0 amide bonds. The molecule has 0 aliphatic carbocycles. The third-order valence-electron chi connectivity index (χ3n) is 2.73. The minimum absolute atomic E-state index is 0.144. The molecule has 1 aliphatic heterocycles. The number of ether oxygens (including phenoxy) is 1. The van der Waals surface area contributed by atoms with Crippen LogP contribution in [0.5, 0.6) is 0 Å². The molecule has 3 atom stereocenters. The molecule has 3 unspecified atom stereocenters. The Morgan fingerprint density at radius 2 is 2.43 bits per heavy atom. The molecule has 1 saturated heterocycles. The third kappa shape index (κ3) is 1.96. The van der Waals surface area contributed by atoms with Crippen molar-refractivity contribution < 1.29 is 9.84 Å². The first-order valence-corrected chi connectivity index (χ1v) is 5.93. The summed E-state index contributed by atoms with van der Waals surface area (Å²) in [4.78, 5) is 0.942. The Hall–Kier alpha value is -0.0900. The van der Waals surface area contributed by atoms with Crippen LogP contribution in [0.1, 0.15) is 24.3 Å². The maximum absolute atomic E-state index is 10.1. The Kier molecular flexibility index (Phi) is 3.12. The van der Waals surface area contributed by atoms with Crippen molar-refractivity contribution in [1.29, 1.82) is 0 Å². The fourth-order valence-electron chi connectivity index (χ4n) is 1.86. The van der Waals surface area contributed by atoms with Gasteiger partial charge < -0.3 is 9.84 Å². The zero-order valence-electron chi connectivity index (χ0n) is 7.94. The van der Waals surface area contributed by atoms with Crippen molar-refractivity contribution in [1.82, 2.24) is 0 Å². The molecule has 1 fully saturated rings. The van der Waals surface area contributed by atoms with Crippen molar-refractivity contribution in [2.24, 2.45) is 5.92 Å². The first kappa shape index (κ1) is 10.4. The van der Waals surface area contributed by atoms with Crippen LogP contribution in [0.15, 0.2) is 12.1 Å². The van der Waals surface area contributed by atoms with Gasteiger partial charge in [0.15, 0.2) is 0 Å². The molecule has 0 aromatic carbocycles. The number of aliphatic hydroxyl groups is 1. The van der Waals surface area contributed by atoms with Crippen LogP contribution in [0.25, 0.3) is 0 Å². The maximum atomic E-state index is 10.1. The van der Waals surface area contributed by atoms with Gasteiger partial charge in [0.2, 0.25) is 0 Å². The summed E-state index contributed by atoms with van der Waals surface area (Å²) >= 11 is 7.27. The summed E-state index contributed by atoms with van der Waals surface area (Å²) < 4.78 is 6.15. The number of hydrogen-bond acceptors (Lipinski definition) is 3. The zero-order chi connectivity index (χ0) is 10.1. The highest BCUT2D eigenvalue weighted by Crippen LogP contribution is 2.37. The van der Waals surface area contributed by atoms with E-state index in [1.807, 2.05) is 19.1 Å². The molecule has 1 N–H and O–H groups in total. The van der Waals surface area contributed by atoms with E-state index >= 15 is 0 Å². The number of aliphatic hydroxyl groups excluding tert-OH is 1. The molecule has 0 spiro atoms. The Bertz CT molecular complexity index is 313. The fourth-order valence-corrected chi connectivity index (χ4v) is 2.98. The predicted molar refractivity (Wildman–Crippen MR) is 57.8 cm³/mol. The molecule has 0 bridgehead atoms. The van der Waals surface area contributed by atoms with Gasteiger partial charge >= 0.3 is 0 Å². The van der Waals surface area contributed by atoms with E-state index in [1.54, 1.807) is 0 Å². The Labute approximate surface area is 92.5 Å². The van der Waals surface area contributed by atoms with Crippen LogP contribution < -0.4 is 0 Å². The molecule has 4 heteroatoms. The molecule has 0 radical (unpaired) electrons. The van der Waals surface area contributed by atoms with Crippen molar-refractivity contribution in [3.8, 4) is 0 Å². The van der Waals surface area contributed by atoms with Gasteiger partial charge in [-0.2, -0.15) is 0 Å². The number of rotatable bonds is 2. The van der Waals surface area contributed by atoms with Gasteiger partial charge in [-0.05, 0) is 25.5 Å². The minimum Gasteiger partial charge on any atom is -0.387 e. The second-order valence-corrected chi connectivity index (χ2v) is 5.36. The SMILES string of the molecule is CC1OCCC1C(O)c1ccc(Cl)s1. The molecule has 78 valence electrons. The second-order valence-electron chi connectivity index (χ2n) is 3.62. The van der Waals surface area contributed by atoms with Crippen LogP contribution in [0.4, 0.5) is 0 Å². The second kappa shape index (κ2) is 4.19. The van der Waals surface area contributed by atoms with Crippen molar-refractivity contribution >= 4 is 22.9 Å². The molecular formula is C10H13ClO2S. The molecular weight excluding hydrogens is 220 g/mol. The largest absolute Gasteiger partial charge is 0.387 e. The van der Waals surface area contributed by atoms with E-state index in [0.717, 1.165) is 22.2 Å². The summed E-state index contributed by atoms with van der Waals surface area (Å²) in [7, 11) is 0. The zero-order valence-corrected chi connectivity index (χ0v) is 9.52. The van der Waals surface area contributed by atoms with E-state index in [9.17, 15) is 5.11 Å². The van der Waals surface area contributed by atoms with E-state index in [2.05, 4.69) is 0 Å². The van der Waals surface area contributed by atoms with Gasteiger partial charge in [0.25, 0.3) is 0 Å². The highest BCUT2D eigenvalue weighted by Gasteiger charge is 2.32. The van der Waals surface area contributed by atoms with Crippen molar-refractivity contribution in [2.75, 3.05) is 6.61 Å². The average Bonchev–Trinajstić information content (AvgIpc) is 2.73. The van der Waals surface area contributed by atoms with E-state index in [-0.39, 0.29) is 12.0 Å². The molecule has 14 heavy (non-hydrogen) atoms. The van der Waals surface area contributed by atoms with Crippen molar-refractivity contribution in [3.05, 3.63) is 21.3 Å². The Morgan fingerprint density at radius 1 is 1.64 bits per heavy atom. The quantitative estimate of drug-likeness (QED) is 0.850. The Morgan fingerprint density at radius 3 is 2.93 bits per heavy atom. The first-order valence-electron chi connectivity index (χ1n) is 4.73. The highest BCUT2D eigenvalue weighted by molar-refractivity contribution is 7.16. The first-order chi connectivity index (χ1) is 6.68. The molecule has 1 aromatic heterocycles. The Balaban J connectivity index is 2.11. The van der Waals surface area contributed by atoms with Crippen LogP contribution in [-0.4, -0.2) is 17.8 Å². The summed E-state index contributed by atoms with van der Waals surface area (Å²) in [6.07, 6.45) is 0.647. The van der Waals surface area contributed by atoms with Crippen molar-refractivity contribution in [3.63, 3.8) is 0 Å². The van der Waals surface area contributed by atoms with E-state index in [0.29, 0.717) is 0 Å². The standard InChI is InChI=1S/C10H13ClO2S/c1-6-7(4-5-13-6)10(12)8-2-3-9(11)14-8/h2-3,6-7,10,12H,4-5H2,1H3. The molecule has 2 heterocycles. The molecule has 1 aliphatic rings. The van der Waals surface area contributed by atoms with Crippen LogP contribution in [0.3, 0.4) is 0 Å². The van der Waals surface area contributed by atoms with Crippen LogP contribution in [-0.2, 0) is 4.74 Å². The summed E-state index contributed by atoms with van der Waals surface area (Å²) in [6, 6.07) is 3.72. The lowest BCUT2D eigenvalue weighted by Gasteiger charge is -2.19. The van der Waals surface area contributed by atoms with E-state index in [4.69, 9.17) is 16.3 Å². The van der Waals surface area contributed by atoms with Gasteiger partial charge in [-0.1, -0.05) is 11.6 Å². The summed E-state index contributed by atoms with van der Waals surface area (Å²) in [5.74, 6) is 0.213. The molecule has 2 nitrogen and oxygen atoms in total. The normalized spacial score (nSPS) is 29.4. The topological polar surface area (TPSA) is 29.5 Å². The summed E-state index contributed by atoms with van der Waals surface area (Å²) in [5.41, 5.74) is 0. The smallest absolute Gasteiger partial charge is 0.0936 e. The van der Waals surface area contributed by atoms with E-state index < -0.39 is 6.10 Å². The molecule has 0 saturated carbocycles. The van der Waals surface area contributed by atoms with Gasteiger partial charge in [-0.3, -0.25) is 0 Å². The predicted octanol–water partition coefficient (Wildman–Crippen LogP) is 2.86. The summed E-state index contributed by atoms with van der Waals surface area (Å²) in [6.45, 7) is 2.76. The van der Waals surface area contributed by atoms with Gasteiger partial charge in [-0.25, -0.2) is 0 Å². The monoisotopic (exact) mass is 232 g/mol. The van der Waals surface area contributed by atoms with Crippen LogP contribution >= 0.6 is 22.9 Å². The number of hydrogen-bond donors (Lipinski definition) is 1. The van der Waals surface area contributed by atoms with Crippen LogP contribution in [0.2, 0.25) is 4.34 Å². The van der Waals surface area contributed by atoms with Crippen molar-refractivity contribution in [2.45, 2.75) is 25.6 Å². The fraction of sp³-hybridized carbons (Fsp3) is 0.600. The lowest BCUT2D eigenvalue weighted by atomic mass is 9.95. The maximum Gasteiger partial charge on any atom is 0.0936 e. The summed E-state index contributed by atoms with van der Waals surface area (Å²) in [5, 5.41) is 10.1. The number of halogens is 1. The lowest BCUT2D eigenvalue weighted by Crippen LogP contribution is -2.18. The highest BCUT2D eigenvalue weighted by atomic mass is 35.5. The van der Waals surface area contributed by atoms with Crippen LogP contribution in [0, 0.1) is 5.92 Å². The number of thiophene rings is 1. The molecule has 2 rings (SSSR count). The van der Waals surface area contributed by atoms with E-state index in [1.165, 1.54) is 11.3 Å². The molecule has 1 aromatic rings. The van der Waals surface area contributed by atoms with Gasteiger partial charge in [0, 0.05) is 17.4 Å². The van der Waals surface area contributed by atoms with Gasteiger partial charge in [0.1, 0.15) is 0 Å². The van der Waals surface area contributed by atoms with Gasteiger partial charge in [0.05, 0.1) is 16.5 Å².